The molecule has 2 fully saturated rings. The van der Waals surface area contributed by atoms with Gasteiger partial charge in [-0.25, -0.2) is 0 Å². The van der Waals surface area contributed by atoms with E-state index in [9.17, 15) is 14.9 Å². The summed E-state index contributed by atoms with van der Waals surface area (Å²) in [5.41, 5.74) is 3.53. The fraction of sp³-hybridized carbons (Fsp3) is 0.333. The highest BCUT2D eigenvalue weighted by atomic mass is 32.2. The number of rotatable bonds is 9. The van der Waals surface area contributed by atoms with E-state index in [0.29, 0.717) is 47.4 Å². The number of nitriles is 1. The highest BCUT2D eigenvalue weighted by Crippen LogP contribution is 2.36. The monoisotopic (exact) mass is 597 g/mol. The lowest BCUT2D eigenvalue weighted by molar-refractivity contribution is -0.122. The molecule has 7 nitrogen and oxygen atoms in total. The molecule has 9 heteroatoms. The Labute approximate surface area is 257 Å². The Morgan fingerprint density at radius 2 is 1.60 bits per heavy atom. The second-order valence-corrected chi connectivity index (χ2v) is 12.2. The van der Waals surface area contributed by atoms with Gasteiger partial charge >= 0.3 is 0 Å². The quantitative estimate of drug-likeness (QED) is 0.235. The smallest absolute Gasteiger partial charge is 0.270 e. The molecule has 2 aliphatic heterocycles. The van der Waals surface area contributed by atoms with Crippen molar-refractivity contribution >= 4 is 51.8 Å². The van der Waals surface area contributed by atoms with Crippen molar-refractivity contribution in [2.24, 2.45) is 0 Å². The molecule has 0 aliphatic carbocycles. The summed E-state index contributed by atoms with van der Waals surface area (Å²) in [7, 11) is 0. The van der Waals surface area contributed by atoms with E-state index >= 15 is 0 Å². The molecule has 0 N–H and O–H groups in total. The Balaban J connectivity index is 1.51. The zero-order chi connectivity index (χ0) is 29.6. The summed E-state index contributed by atoms with van der Waals surface area (Å²) in [5.74, 6) is 0.650. The predicted molar refractivity (Wildman–Crippen MR) is 176 cm³/mol. The molecular formula is C33H35N5O2S2. The van der Waals surface area contributed by atoms with Crippen molar-refractivity contribution in [3.63, 3.8) is 0 Å². The molecule has 1 aromatic heterocycles. The van der Waals surface area contributed by atoms with E-state index in [2.05, 4.69) is 34.9 Å². The van der Waals surface area contributed by atoms with Gasteiger partial charge in [-0.15, -0.1) is 0 Å². The van der Waals surface area contributed by atoms with Crippen molar-refractivity contribution < 1.29 is 4.79 Å². The maximum Gasteiger partial charge on any atom is 0.270 e. The van der Waals surface area contributed by atoms with Gasteiger partial charge in [0.2, 0.25) is 0 Å². The number of nitrogens with zero attached hydrogens (tertiary/aromatic N) is 5. The van der Waals surface area contributed by atoms with Crippen LogP contribution in [0.25, 0.3) is 6.08 Å². The average Bonchev–Trinajstić information content (AvgIpc) is 3.29. The molecule has 0 spiro atoms. The molecule has 1 amide bonds. The molecule has 5 rings (SSSR count). The number of thiocarbonyl (C=S) groups is 1. The van der Waals surface area contributed by atoms with Crippen LogP contribution in [0.15, 0.2) is 70.4 Å². The predicted octanol–water partition coefficient (Wildman–Crippen LogP) is 5.60. The number of amides is 1. The fourth-order valence-electron chi connectivity index (χ4n) is 5.53. The lowest BCUT2D eigenvalue weighted by Crippen LogP contribution is -2.48. The number of anilines is 2. The van der Waals surface area contributed by atoms with Crippen LogP contribution in [0.4, 0.5) is 11.5 Å². The first-order valence-corrected chi connectivity index (χ1v) is 15.7. The summed E-state index contributed by atoms with van der Waals surface area (Å²) in [4.78, 5) is 34.0. The normalized spacial score (nSPS) is 16.4. The Kier molecular flexibility index (Phi) is 9.45. The van der Waals surface area contributed by atoms with Crippen molar-refractivity contribution in [1.82, 2.24) is 9.47 Å². The lowest BCUT2D eigenvalue weighted by Gasteiger charge is -2.39. The third kappa shape index (κ3) is 6.15. The van der Waals surface area contributed by atoms with E-state index < -0.39 is 0 Å². The number of thioether (sulfide) groups is 1. The van der Waals surface area contributed by atoms with Crippen LogP contribution in [-0.2, 0) is 17.8 Å². The summed E-state index contributed by atoms with van der Waals surface area (Å²) >= 11 is 6.92. The summed E-state index contributed by atoms with van der Waals surface area (Å²) in [6.45, 7) is 7.93. The molecular weight excluding hydrogens is 563 g/mol. The molecule has 216 valence electrons. The lowest BCUT2D eigenvalue weighted by atomic mass is 10.0. The number of carbonyl (C=O) groups is 1. The van der Waals surface area contributed by atoms with Gasteiger partial charge in [-0.2, -0.15) is 5.26 Å². The van der Waals surface area contributed by atoms with Crippen LogP contribution < -0.4 is 15.4 Å². The number of unbranched alkanes of at least 4 members (excludes halogenated alkanes) is 1. The number of hydrogen-bond acceptors (Lipinski definition) is 7. The number of piperazine rings is 1. The van der Waals surface area contributed by atoms with Gasteiger partial charge in [0.1, 0.15) is 21.8 Å². The standard InChI is InChI=1S/C33H35N5O2S2/c1-3-4-16-37-30(36-20-18-35(19-21-36)26-13-9-6-10-14-26)27(24(2)28(23-34)31(37)39)22-29-32(40)38(33(41)42-29)17-15-25-11-7-5-8-12-25/h5-14,22H,3-4,15-21H2,1-2H3. The molecule has 2 aliphatic rings. The van der Waals surface area contributed by atoms with Gasteiger partial charge in [-0.3, -0.25) is 19.1 Å². The third-order valence-corrected chi connectivity index (χ3v) is 9.28. The second kappa shape index (κ2) is 13.4. The van der Waals surface area contributed by atoms with E-state index in [1.165, 1.54) is 17.4 Å². The number of carbonyl (C=O) groups excluding carboxylic acids is 1. The Morgan fingerprint density at radius 1 is 0.952 bits per heavy atom. The van der Waals surface area contributed by atoms with E-state index in [1.54, 1.807) is 9.47 Å². The van der Waals surface area contributed by atoms with Crippen LogP contribution in [-0.4, -0.2) is 52.4 Å². The van der Waals surface area contributed by atoms with Crippen LogP contribution in [0.5, 0.6) is 0 Å². The molecule has 0 atom stereocenters. The van der Waals surface area contributed by atoms with E-state index in [-0.39, 0.29) is 17.0 Å². The van der Waals surface area contributed by atoms with Gasteiger partial charge in [0, 0.05) is 50.5 Å². The van der Waals surface area contributed by atoms with Gasteiger partial charge < -0.3 is 9.80 Å². The number of hydrogen-bond donors (Lipinski definition) is 0. The van der Waals surface area contributed by atoms with Crippen molar-refractivity contribution in [1.29, 1.82) is 5.26 Å². The number of aromatic nitrogens is 1. The molecule has 42 heavy (non-hydrogen) atoms. The minimum atomic E-state index is -0.267. The number of pyridine rings is 1. The average molecular weight is 598 g/mol. The SMILES string of the molecule is CCCCn1c(N2CCN(c3ccccc3)CC2)c(C=C2SC(=S)N(CCc3ccccc3)C2=O)c(C)c(C#N)c1=O. The van der Waals surface area contributed by atoms with Crippen LogP contribution in [0.1, 0.15) is 42.0 Å². The molecule has 2 saturated heterocycles. The van der Waals surface area contributed by atoms with Gasteiger partial charge in [-0.1, -0.05) is 85.9 Å². The summed E-state index contributed by atoms with van der Waals surface area (Å²) in [6, 6.07) is 22.5. The molecule has 0 radical (unpaired) electrons. The van der Waals surface area contributed by atoms with Gasteiger partial charge in [0.25, 0.3) is 11.5 Å². The van der Waals surface area contributed by atoms with E-state index in [1.807, 2.05) is 61.5 Å². The molecule has 0 bridgehead atoms. The Bertz CT molecular complexity index is 1590. The Morgan fingerprint density at radius 3 is 2.24 bits per heavy atom. The molecule has 2 aromatic carbocycles. The second-order valence-electron chi connectivity index (χ2n) is 10.5. The van der Waals surface area contributed by atoms with Crippen molar-refractivity contribution in [3.8, 4) is 6.07 Å². The molecule has 3 aromatic rings. The van der Waals surface area contributed by atoms with Gasteiger partial charge in [0.05, 0.1) is 4.91 Å². The highest BCUT2D eigenvalue weighted by molar-refractivity contribution is 8.26. The van der Waals surface area contributed by atoms with Crippen LogP contribution >= 0.6 is 24.0 Å². The van der Waals surface area contributed by atoms with Crippen molar-refractivity contribution in [2.45, 2.75) is 39.7 Å². The van der Waals surface area contributed by atoms with E-state index in [4.69, 9.17) is 12.2 Å². The third-order valence-electron chi connectivity index (χ3n) is 7.90. The first kappa shape index (κ1) is 29.6. The molecule has 0 saturated carbocycles. The first-order chi connectivity index (χ1) is 20.4. The zero-order valence-corrected chi connectivity index (χ0v) is 25.7. The summed E-state index contributed by atoms with van der Waals surface area (Å²) in [6.07, 6.45) is 4.29. The topological polar surface area (TPSA) is 72.6 Å². The summed E-state index contributed by atoms with van der Waals surface area (Å²) in [5, 5.41) is 10.0. The molecule has 3 heterocycles. The van der Waals surface area contributed by atoms with Crippen LogP contribution in [0.3, 0.4) is 0 Å². The maximum absolute atomic E-state index is 13.6. The van der Waals surface area contributed by atoms with Crippen molar-refractivity contribution in [3.05, 3.63) is 98.2 Å². The van der Waals surface area contributed by atoms with Crippen molar-refractivity contribution in [2.75, 3.05) is 42.5 Å². The van der Waals surface area contributed by atoms with Gasteiger partial charge in [-0.05, 0) is 49.1 Å². The van der Waals surface area contributed by atoms with Gasteiger partial charge in [0.15, 0.2) is 0 Å². The van der Waals surface area contributed by atoms with Crippen LogP contribution in [0, 0.1) is 18.3 Å². The Hall–Kier alpha value is -3.87. The highest BCUT2D eigenvalue weighted by Gasteiger charge is 2.33. The number of para-hydroxylation sites is 1. The fourth-order valence-corrected chi connectivity index (χ4v) is 6.82. The minimum Gasteiger partial charge on any atom is -0.368 e. The first-order valence-electron chi connectivity index (χ1n) is 14.4. The minimum absolute atomic E-state index is 0.128. The molecule has 0 unspecified atom stereocenters. The summed E-state index contributed by atoms with van der Waals surface area (Å²) < 4.78 is 2.28. The zero-order valence-electron chi connectivity index (χ0n) is 24.1. The van der Waals surface area contributed by atoms with Crippen LogP contribution in [0.2, 0.25) is 0 Å². The van der Waals surface area contributed by atoms with E-state index in [0.717, 1.165) is 42.9 Å². The maximum atomic E-state index is 13.6. The number of benzene rings is 2. The largest absolute Gasteiger partial charge is 0.368 e.